The van der Waals surface area contributed by atoms with Crippen molar-refractivity contribution in [2.45, 2.75) is 0 Å². The molecule has 1 rings (SSSR count). The Morgan fingerprint density at radius 3 is 2.54 bits per heavy atom. The third kappa shape index (κ3) is 2.21. The number of esters is 1. The minimum atomic E-state index is -0.385. The van der Waals surface area contributed by atoms with Crippen LogP contribution in [0.15, 0.2) is 18.2 Å². The number of carbonyl (C=O) groups is 1. The summed E-state index contributed by atoms with van der Waals surface area (Å²) in [5.74, 6) is 0.219. The Bertz CT molecular complexity index is 318. The normalized spacial score (nSPS) is 9.46. The van der Waals surface area contributed by atoms with Gasteiger partial charge in [0.25, 0.3) is 0 Å². The van der Waals surface area contributed by atoms with Crippen LogP contribution in [0.1, 0.15) is 15.9 Å². The van der Waals surface area contributed by atoms with Crippen LogP contribution in [0.4, 0.5) is 0 Å². The van der Waals surface area contributed by atoms with Crippen molar-refractivity contribution in [2.24, 2.45) is 0 Å². The number of hydrogen-bond acceptors (Lipinski definition) is 3. The van der Waals surface area contributed by atoms with E-state index in [0.717, 1.165) is 5.56 Å². The second kappa shape index (κ2) is 3.94. The lowest BCUT2D eigenvalue weighted by molar-refractivity contribution is 0.0600. The first-order chi connectivity index (χ1) is 6.17. The molecule has 1 radical (unpaired) electrons. The van der Waals surface area contributed by atoms with Crippen LogP contribution in [-0.2, 0) is 4.74 Å². The average Bonchev–Trinajstić information content (AvgIpc) is 2.15. The van der Waals surface area contributed by atoms with Crippen molar-refractivity contribution in [1.29, 1.82) is 0 Å². The summed E-state index contributed by atoms with van der Waals surface area (Å²) in [5.41, 5.74) is 1.17. The summed E-state index contributed by atoms with van der Waals surface area (Å²) in [4.78, 5) is 11.1. The number of rotatable bonds is 2. The van der Waals surface area contributed by atoms with Gasteiger partial charge in [0.05, 0.1) is 19.8 Å². The van der Waals surface area contributed by atoms with Crippen LogP contribution in [0.2, 0.25) is 0 Å². The maximum Gasteiger partial charge on any atom is 0.337 e. The molecule has 0 N–H and O–H groups in total. The van der Waals surface area contributed by atoms with Gasteiger partial charge in [0.2, 0.25) is 0 Å². The summed E-state index contributed by atoms with van der Waals surface area (Å²) < 4.78 is 9.55. The smallest absolute Gasteiger partial charge is 0.337 e. The lowest BCUT2D eigenvalue weighted by Gasteiger charge is -2.04. The molecule has 0 fully saturated rings. The second-order valence-electron chi connectivity index (χ2n) is 2.56. The largest absolute Gasteiger partial charge is 0.497 e. The fourth-order valence-electron chi connectivity index (χ4n) is 1.01. The number of ether oxygens (including phenoxy) is 2. The van der Waals surface area contributed by atoms with E-state index in [4.69, 9.17) is 4.74 Å². The predicted molar refractivity (Wildman–Crippen MR) is 48.8 cm³/mol. The fraction of sp³-hybridized carbons (Fsp3) is 0.200. The number of benzene rings is 1. The molecule has 0 atom stereocenters. The van der Waals surface area contributed by atoms with Crippen LogP contribution in [0.5, 0.6) is 5.75 Å². The molecule has 0 amide bonds. The molecule has 0 unspecified atom stereocenters. The molecule has 69 valence electrons. The Hall–Kier alpha value is -1.51. The van der Waals surface area contributed by atoms with Gasteiger partial charge in [0.15, 0.2) is 0 Å². The zero-order valence-electron chi connectivity index (χ0n) is 7.66. The second-order valence-corrected chi connectivity index (χ2v) is 2.56. The van der Waals surface area contributed by atoms with E-state index in [-0.39, 0.29) is 5.97 Å². The molecule has 1 aromatic carbocycles. The predicted octanol–water partition coefficient (Wildman–Crippen LogP) is 1.66. The molecule has 0 saturated heterocycles. The van der Waals surface area contributed by atoms with Crippen LogP contribution >= 0.6 is 0 Å². The fourth-order valence-corrected chi connectivity index (χ4v) is 1.01. The summed E-state index contributed by atoms with van der Waals surface area (Å²) in [7, 11) is 2.88. The number of methoxy groups -OCH3 is 2. The minimum absolute atomic E-state index is 0.385. The first-order valence-electron chi connectivity index (χ1n) is 3.76. The van der Waals surface area contributed by atoms with E-state index < -0.39 is 0 Å². The highest BCUT2D eigenvalue weighted by atomic mass is 16.5. The SMILES string of the molecule is [CH2]c1cc(OC)cc(C(=O)OC)c1. The van der Waals surface area contributed by atoms with Crippen molar-refractivity contribution >= 4 is 5.97 Å². The van der Waals surface area contributed by atoms with Gasteiger partial charge in [-0.1, -0.05) is 0 Å². The van der Waals surface area contributed by atoms with Crippen molar-refractivity contribution in [1.82, 2.24) is 0 Å². The van der Waals surface area contributed by atoms with Gasteiger partial charge in [-0.25, -0.2) is 4.79 Å². The van der Waals surface area contributed by atoms with E-state index in [2.05, 4.69) is 11.7 Å². The summed E-state index contributed by atoms with van der Waals surface area (Å²) in [6.07, 6.45) is 0. The molecule has 1 aromatic rings. The molecule has 0 aliphatic heterocycles. The maximum absolute atomic E-state index is 11.1. The zero-order chi connectivity index (χ0) is 9.84. The van der Waals surface area contributed by atoms with E-state index >= 15 is 0 Å². The number of hydrogen-bond donors (Lipinski definition) is 0. The van der Waals surface area contributed by atoms with E-state index in [1.165, 1.54) is 14.2 Å². The van der Waals surface area contributed by atoms with Crippen LogP contribution in [0, 0.1) is 6.92 Å². The maximum atomic E-state index is 11.1. The lowest BCUT2D eigenvalue weighted by atomic mass is 10.1. The molecule has 0 bridgehead atoms. The molecule has 0 spiro atoms. The Morgan fingerprint density at radius 2 is 2.00 bits per heavy atom. The van der Waals surface area contributed by atoms with Crippen molar-refractivity contribution in [3.05, 3.63) is 36.2 Å². The van der Waals surface area contributed by atoms with Gasteiger partial charge in [-0.2, -0.15) is 0 Å². The zero-order valence-corrected chi connectivity index (χ0v) is 7.66. The van der Waals surface area contributed by atoms with Gasteiger partial charge in [0.1, 0.15) is 5.75 Å². The van der Waals surface area contributed by atoms with Gasteiger partial charge in [-0.3, -0.25) is 0 Å². The Labute approximate surface area is 77.3 Å². The Morgan fingerprint density at radius 1 is 1.31 bits per heavy atom. The molecular formula is C10H11O3. The molecule has 13 heavy (non-hydrogen) atoms. The van der Waals surface area contributed by atoms with Gasteiger partial charge in [-0.05, 0) is 30.7 Å². The van der Waals surface area contributed by atoms with Crippen LogP contribution in [0.3, 0.4) is 0 Å². The molecule has 0 saturated carbocycles. The van der Waals surface area contributed by atoms with Crippen molar-refractivity contribution in [3.63, 3.8) is 0 Å². The van der Waals surface area contributed by atoms with Crippen LogP contribution in [-0.4, -0.2) is 20.2 Å². The van der Waals surface area contributed by atoms with Crippen LogP contribution < -0.4 is 4.74 Å². The van der Waals surface area contributed by atoms with Crippen molar-refractivity contribution in [3.8, 4) is 5.75 Å². The van der Waals surface area contributed by atoms with Crippen LogP contribution in [0.25, 0.3) is 0 Å². The van der Waals surface area contributed by atoms with Gasteiger partial charge in [-0.15, -0.1) is 0 Å². The summed E-state index contributed by atoms with van der Waals surface area (Å²) in [6, 6.07) is 5.00. The van der Waals surface area contributed by atoms with Gasteiger partial charge < -0.3 is 9.47 Å². The lowest BCUT2D eigenvalue weighted by Crippen LogP contribution is -2.01. The third-order valence-corrected chi connectivity index (χ3v) is 1.62. The van der Waals surface area contributed by atoms with E-state index in [0.29, 0.717) is 11.3 Å². The van der Waals surface area contributed by atoms with Crippen molar-refractivity contribution in [2.75, 3.05) is 14.2 Å². The first kappa shape index (κ1) is 9.58. The molecule has 3 nitrogen and oxygen atoms in total. The van der Waals surface area contributed by atoms with E-state index in [1.807, 2.05) is 0 Å². The minimum Gasteiger partial charge on any atom is -0.497 e. The third-order valence-electron chi connectivity index (χ3n) is 1.62. The summed E-state index contributed by atoms with van der Waals surface area (Å²) in [6.45, 7) is 3.72. The summed E-state index contributed by atoms with van der Waals surface area (Å²) in [5, 5.41) is 0. The molecular weight excluding hydrogens is 168 g/mol. The first-order valence-corrected chi connectivity index (χ1v) is 3.76. The van der Waals surface area contributed by atoms with E-state index in [1.54, 1.807) is 18.2 Å². The molecule has 0 heterocycles. The standard InChI is InChI=1S/C10H11O3/c1-7-4-8(10(11)13-3)6-9(5-7)12-2/h4-6H,1H2,2-3H3. The Balaban J connectivity index is 3.08. The molecule has 0 aromatic heterocycles. The topological polar surface area (TPSA) is 35.5 Å². The molecule has 0 aliphatic carbocycles. The molecule has 3 heteroatoms. The quantitative estimate of drug-likeness (QED) is 0.648. The van der Waals surface area contributed by atoms with Gasteiger partial charge in [0, 0.05) is 0 Å². The monoisotopic (exact) mass is 179 g/mol. The van der Waals surface area contributed by atoms with Gasteiger partial charge >= 0.3 is 5.97 Å². The average molecular weight is 179 g/mol. The highest BCUT2D eigenvalue weighted by Crippen LogP contribution is 2.16. The molecule has 0 aliphatic rings. The van der Waals surface area contributed by atoms with Crippen molar-refractivity contribution < 1.29 is 14.3 Å². The highest BCUT2D eigenvalue weighted by Gasteiger charge is 2.07. The Kier molecular flexibility index (Phi) is 2.90. The number of carbonyl (C=O) groups excluding carboxylic acids is 1. The van der Waals surface area contributed by atoms with E-state index in [9.17, 15) is 4.79 Å². The highest BCUT2D eigenvalue weighted by molar-refractivity contribution is 5.90. The summed E-state index contributed by atoms with van der Waals surface area (Å²) >= 11 is 0.